The molecule has 0 aliphatic rings. The summed E-state index contributed by atoms with van der Waals surface area (Å²) in [5, 5.41) is 13.9. The van der Waals surface area contributed by atoms with Crippen LogP contribution in [0.2, 0.25) is 0 Å². The zero-order valence-electron chi connectivity index (χ0n) is 14.6. The molecule has 0 saturated heterocycles. The Bertz CT molecular complexity index is 671. The van der Waals surface area contributed by atoms with Crippen LogP contribution >= 0.6 is 12.6 Å². The summed E-state index contributed by atoms with van der Waals surface area (Å²) in [6, 6.07) is 5.88. The topological polar surface area (TPSA) is 165 Å². The maximum absolute atomic E-state index is 12.3. The van der Waals surface area contributed by atoms with E-state index in [2.05, 4.69) is 23.3 Å². The lowest BCUT2D eigenvalue weighted by atomic mass is 10.1. The van der Waals surface area contributed by atoms with E-state index in [1.54, 1.807) is 0 Å². The van der Waals surface area contributed by atoms with Gasteiger partial charge in [0.2, 0.25) is 17.7 Å². The molecule has 0 aliphatic carbocycles. The molecule has 0 unspecified atom stereocenters. The highest BCUT2D eigenvalue weighted by Crippen LogP contribution is 2.03. The fourth-order valence-electron chi connectivity index (χ4n) is 2.25. The second kappa shape index (κ2) is 11.2. The van der Waals surface area contributed by atoms with Crippen molar-refractivity contribution >= 4 is 36.3 Å². The van der Waals surface area contributed by atoms with E-state index in [-0.39, 0.29) is 25.0 Å². The molecule has 1 aromatic rings. The predicted molar refractivity (Wildman–Crippen MR) is 102 cm³/mol. The van der Waals surface area contributed by atoms with Crippen molar-refractivity contribution < 1.29 is 24.3 Å². The minimum atomic E-state index is -1.31. The molecule has 3 amide bonds. The molecule has 10 heteroatoms. The minimum Gasteiger partial charge on any atom is -0.480 e. The van der Waals surface area contributed by atoms with Gasteiger partial charge in [0.05, 0.1) is 6.04 Å². The molecule has 27 heavy (non-hydrogen) atoms. The van der Waals surface area contributed by atoms with Crippen molar-refractivity contribution in [3.8, 4) is 0 Å². The molecule has 148 valence electrons. The number of aliphatic carboxylic acids is 1. The number of carboxylic acid groups (broad SMARTS) is 1. The van der Waals surface area contributed by atoms with Gasteiger partial charge < -0.3 is 27.2 Å². The number of hydrogen-bond acceptors (Lipinski definition) is 6. The second-order valence-corrected chi connectivity index (χ2v) is 6.31. The normalized spacial score (nSPS) is 13.9. The number of nitrogens with two attached hydrogens (primary N) is 2. The lowest BCUT2D eigenvalue weighted by molar-refractivity contribution is -0.142. The van der Waals surface area contributed by atoms with Gasteiger partial charge >= 0.3 is 5.97 Å². The first-order chi connectivity index (χ1) is 12.7. The Hall–Kier alpha value is -2.59. The van der Waals surface area contributed by atoms with Crippen molar-refractivity contribution in [1.29, 1.82) is 0 Å². The Morgan fingerprint density at radius 3 is 2.15 bits per heavy atom. The lowest BCUT2D eigenvalue weighted by Crippen LogP contribution is -2.55. The Morgan fingerprint density at radius 2 is 1.63 bits per heavy atom. The highest BCUT2D eigenvalue weighted by Gasteiger charge is 2.27. The number of thiol groups is 1. The number of carbonyl (C=O) groups excluding carboxylic acids is 3. The standard InChI is InChI=1S/C17H24N4O5S/c18-11(8-10-4-2-1-3-5-10)15(23)21-13(9-27)16(24)20-12(17(25)26)6-7-14(19)22/h1-5,11-13,27H,6-9,18H2,(H2,19,22)(H,20,24)(H,21,23)(H,25,26)/t11-,12-,13-/m0/s1. The van der Waals surface area contributed by atoms with Crippen LogP contribution in [0.3, 0.4) is 0 Å². The number of rotatable bonds is 11. The number of amides is 3. The highest BCUT2D eigenvalue weighted by atomic mass is 32.1. The third-order valence-electron chi connectivity index (χ3n) is 3.74. The van der Waals surface area contributed by atoms with E-state index in [0.29, 0.717) is 0 Å². The molecule has 1 aromatic carbocycles. The molecule has 0 aromatic heterocycles. The van der Waals surface area contributed by atoms with Crippen LogP contribution < -0.4 is 22.1 Å². The lowest BCUT2D eigenvalue weighted by Gasteiger charge is -2.21. The number of benzene rings is 1. The van der Waals surface area contributed by atoms with E-state index in [9.17, 15) is 19.2 Å². The monoisotopic (exact) mass is 396 g/mol. The summed E-state index contributed by atoms with van der Waals surface area (Å²) >= 11 is 4.02. The molecule has 0 bridgehead atoms. The van der Waals surface area contributed by atoms with Crippen molar-refractivity contribution in [3.63, 3.8) is 0 Å². The van der Waals surface area contributed by atoms with Crippen molar-refractivity contribution in [1.82, 2.24) is 10.6 Å². The maximum atomic E-state index is 12.3. The summed E-state index contributed by atoms with van der Waals surface area (Å²) < 4.78 is 0. The summed E-state index contributed by atoms with van der Waals surface area (Å²) in [5.74, 6) is -3.34. The fourth-order valence-corrected chi connectivity index (χ4v) is 2.51. The van der Waals surface area contributed by atoms with Crippen LogP contribution in [-0.2, 0) is 25.6 Å². The number of carboxylic acids is 1. The molecule has 1 rings (SSSR count). The molecule has 9 nitrogen and oxygen atoms in total. The van der Waals surface area contributed by atoms with Crippen LogP contribution in [-0.4, -0.2) is 52.7 Å². The highest BCUT2D eigenvalue weighted by molar-refractivity contribution is 7.80. The first-order valence-corrected chi connectivity index (χ1v) is 8.90. The zero-order chi connectivity index (χ0) is 20.4. The minimum absolute atomic E-state index is 0.0577. The predicted octanol–water partition coefficient (Wildman–Crippen LogP) is -1.19. The van der Waals surface area contributed by atoms with Gasteiger partial charge in [-0.15, -0.1) is 0 Å². The third kappa shape index (κ3) is 8.09. The van der Waals surface area contributed by atoms with Gasteiger partial charge in [0.15, 0.2) is 0 Å². The molecule has 0 spiro atoms. The van der Waals surface area contributed by atoms with Crippen molar-refractivity contribution in [2.24, 2.45) is 11.5 Å². The van der Waals surface area contributed by atoms with E-state index >= 15 is 0 Å². The summed E-state index contributed by atoms with van der Waals surface area (Å²) in [7, 11) is 0. The van der Waals surface area contributed by atoms with Gasteiger partial charge in [-0.1, -0.05) is 30.3 Å². The average molecular weight is 396 g/mol. The Morgan fingerprint density at radius 1 is 1.04 bits per heavy atom. The fraction of sp³-hybridized carbons (Fsp3) is 0.412. The van der Waals surface area contributed by atoms with Crippen molar-refractivity contribution in [2.45, 2.75) is 37.4 Å². The molecule has 0 fully saturated rings. The molecule has 3 atom stereocenters. The van der Waals surface area contributed by atoms with Gasteiger partial charge in [0, 0.05) is 12.2 Å². The van der Waals surface area contributed by atoms with Gasteiger partial charge in [-0.2, -0.15) is 12.6 Å². The van der Waals surface area contributed by atoms with Gasteiger partial charge in [0.1, 0.15) is 12.1 Å². The van der Waals surface area contributed by atoms with Crippen LogP contribution in [0.25, 0.3) is 0 Å². The summed E-state index contributed by atoms with van der Waals surface area (Å²) in [6.45, 7) is 0. The SMILES string of the molecule is NC(=O)CC[C@H](NC(=O)[C@H](CS)NC(=O)[C@@H](N)Cc1ccccc1)C(=O)O. The number of hydrogen-bond donors (Lipinski definition) is 6. The molecule has 7 N–H and O–H groups in total. The van der Waals surface area contributed by atoms with Crippen LogP contribution in [0.1, 0.15) is 18.4 Å². The van der Waals surface area contributed by atoms with E-state index in [1.165, 1.54) is 0 Å². The molecule has 0 heterocycles. The summed E-state index contributed by atoms with van der Waals surface area (Å²) in [5.41, 5.74) is 11.7. The number of nitrogens with one attached hydrogen (secondary N) is 2. The van der Waals surface area contributed by atoms with E-state index < -0.39 is 41.8 Å². The van der Waals surface area contributed by atoms with Gasteiger partial charge in [0.25, 0.3) is 0 Å². The number of primary amides is 1. The summed E-state index contributed by atoms with van der Waals surface area (Å²) in [6.07, 6.45) is -0.0712. The van der Waals surface area contributed by atoms with E-state index in [4.69, 9.17) is 16.6 Å². The van der Waals surface area contributed by atoms with Crippen molar-refractivity contribution in [3.05, 3.63) is 35.9 Å². The molecule has 0 saturated carbocycles. The Balaban J connectivity index is 2.64. The van der Waals surface area contributed by atoms with Gasteiger partial charge in [-0.05, 0) is 18.4 Å². The van der Waals surface area contributed by atoms with Crippen LogP contribution in [0, 0.1) is 0 Å². The summed E-state index contributed by atoms with van der Waals surface area (Å²) in [4.78, 5) is 46.5. The zero-order valence-corrected chi connectivity index (χ0v) is 15.5. The Kier molecular flexibility index (Phi) is 9.31. The largest absolute Gasteiger partial charge is 0.480 e. The van der Waals surface area contributed by atoms with Crippen molar-refractivity contribution in [2.75, 3.05) is 5.75 Å². The van der Waals surface area contributed by atoms with Gasteiger partial charge in [-0.3, -0.25) is 14.4 Å². The van der Waals surface area contributed by atoms with Crippen LogP contribution in [0.15, 0.2) is 30.3 Å². The maximum Gasteiger partial charge on any atom is 0.326 e. The second-order valence-electron chi connectivity index (χ2n) is 5.94. The van der Waals surface area contributed by atoms with E-state index in [1.807, 2.05) is 30.3 Å². The van der Waals surface area contributed by atoms with E-state index in [0.717, 1.165) is 5.56 Å². The smallest absolute Gasteiger partial charge is 0.326 e. The average Bonchev–Trinajstić information content (AvgIpc) is 2.62. The number of carbonyl (C=O) groups is 4. The van der Waals surface area contributed by atoms with Crippen LogP contribution in [0.4, 0.5) is 0 Å². The van der Waals surface area contributed by atoms with Gasteiger partial charge in [-0.25, -0.2) is 4.79 Å². The first kappa shape index (κ1) is 22.5. The quantitative estimate of drug-likeness (QED) is 0.257. The van der Waals surface area contributed by atoms with Crippen LogP contribution in [0.5, 0.6) is 0 Å². The Labute approximate surface area is 162 Å². The molecular weight excluding hydrogens is 372 g/mol. The molecule has 0 aliphatic heterocycles. The molecular formula is C17H24N4O5S. The third-order valence-corrected chi connectivity index (χ3v) is 4.11. The molecule has 0 radical (unpaired) electrons. The first-order valence-electron chi connectivity index (χ1n) is 8.26.